The number of rotatable bonds is 4. The van der Waals surface area contributed by atoms with Crippen LogP contribution in [0.2, 0.25) is 0 Å². The lowest BCUT2D eigenvalue weighted by Gasteiger charge is -2.28. The molecule has 0 saturated heterocycles. The molecule has 2 rings (SSSR count). The van der Waals surface area contributed by atoms with Crippen LogP contribution in [0.4, 0.5) is 4.79 Å². The predicted octanol–water partition coefficient (Wildman–Crippen LogP) is 3.25. The standard InChI is InChI=1S/C18H28BN2O3S/c1-11(17(2,3)4)20-10-12-8-13-14(25-12)9-15(19-23)21(13)16(22)24-18(5,6)7/h8-9,11,20,23H,10H2,1-7H3. The number of nitrogens with one attached hydrogen (secondary N) is 1. The van der Waals surface area contributed by atoms with Gasteiger partial charge >= 0.3 is 13.6 Å². The third-order valence-electron chi connectivity index (χ3n) is 4.16. The lowest BCUT2D eigenvalue weighted by molar-refractivity contribution is 0.0549. The van der Waals surface area contributed by atoms with Gasteiger partial charge in [0.25, 0.3) is 0 Å². The zero-order valence-corrected chi connectivity index (χ0v) is 17.0. The van der Waals surface area contributed by atoms with E-state index in [9.17, 15) is 9.82 Å². The van der Waals surface area contributed by atoms with Crippen molar-refractivity contribution in [1.29, 1.82) is 0 Å². The van der Waals surface area contributed by atoms with Gasteiger partial charge in [-0.2, -0.15) is 0 Å². The van der Waals surface area contributed by atoms with Gasteiger partial charge in [0.15, 0.2) is 0 Å². The second-order valence-electron chi connectivity index (χ2n) is 8.44. The van der Waals surface area contributed by atoms with E-state index in [-0.39, 0.29) is 5.41 Å². The monoisotopic (exact) mass is 363 g/mol. The summed E-state index contributed by atoms with van der Waals surface area (Å²) in [7, 11) is 0.941. The highest BCUT2D eigenvalue weighted by molar-refractivity contribution is 7.19. The summed E-state index contributed by atoms with van der Waals surface area (Å²) in [6.45, 7) is 15.0. The molecule has 0 saturated carbocycles. The van der Waals surface area contributed by atoms with E-state index < -0.39 is 11.7 Å². The fourth-order valence-electron chi connectivity index (χ4n) is 2.32. The molecule has 2 N–H and O–H groups in total. The number of aromatic nitrogens is 1. The summed E-state index contributed by atoms with van der Waals surface area (Å²) in [6.07, 6.45) is -0.483. The first-order chi connectivity index (χ1) is 11.4. The van der Waals surface area contributed by atoms with Gasteiger partial charge in [0.05, 0.1) is 10.2 Å². The lowest BCUT2D eigenvalue weighted by atomic mass is 9.88. The highest BCUT2D eigenvalue weighted by Crippen LogP contribution is 2.27. The number of fused-ring (bicyclic) bond motifs is 1. The summed E-state index contributed by atoms with van der Waals surface area (Å²) in [4.78, 5) is 13.7. The predicted molar refractivity (Wildman–Crippen MR) is 105 cm³/mol. The molecule has 1 radical (unpaired) electrons. The molecular formula is C18H28BN2O3S. The van der Waals surface area contributed by atoms with Crippen molar-refractivity contribution in [2.45, 2.75) is 66.7 Å². The fourth-order valence-corrected chi connectivity index (χ4v) is 3.36. The fraction of sp³-hybridized carbons (Fsp3) is 0.611. The Labute approximate surface area is 154 Å². The molecule has 0 aliphatic heterocycles. The zero-order valence-electron chi connectivity index (χ0n) is 16.1. The van der Waals surface area contributed by atoms with Crippen LogP contribution in [0.3, 0.4) is 0 Å². The van der Waals surface area contributed by atoms with Gasteiger partial charge in [-0.3, -0.25) is 4.57 Å². The first-order valence-corrected chi connectivity index (χ1v) is 9.32. The second-order valence-corrected chi connectivity index (χ2v) is 9.61. The van der Waals surface area contributed by atoms with Crippen LogP contribution >= 0.6 is 11.3 Å². The molecule has 25 heavy (non-hydrogen) atoms. The Bertz CT molecular complexity index is 753. The van der Waals surface area contributed by atoms with Gasteiger partial charge < -0.3 is 15.1 Å². The number of hydrogen-bond acceptors (Lipinski definition) is 5. The Morgan fingerprint density at radius 1 is 1.32 bits per heavy atom. The first kappa shape index (κ1) is 20.0. The van der Waals surface area contributed by atoms with Crippen LogP contribution in [0.15, 0.2) is 12.1 Å². The third kappa shape index (κ3) is 4.87. The minimum atomic E-state index is -0.594. The summed E-state index contributed by atoms with van der Waals surface area (Å²) in [5.74, 6) is 0. The van der Waals surface area contributed by atoms with E-state index in [2.05, 4.69) is 33.0 Å². The Kier molecular flexibility index (Phi) is 5.71. The molecule has 0 amide bonds. The number of thiophene rings is 1. The maximum Gasteiger partial charge on any atom is 0.418 e. The molecule has 0 aliphatic rings. The summed E-state index contributed by atoms with van der Waals surface area (Å²) >= 11 is 1.61. The quantitative estimate of drug-likeness (QED) is 0.819. The van der Waals surface area contributed by atoms with E-state index in [4.69, 9.17) is 4.74 Å². The summed E-state index contributed by atoms with van der Waals surface area (Å²) in [5, 5.41) is 13.0. The largest absolute Gasteiger partial charge is 0.449 e. The molecule has 0 aromatic carbocycles. The number of nitrogens with zero attached hydrogens (tertiary/aromatic N) is 1. The van der Waals surface area contributed by atoms with Gasteiger partial charge in [0.1, 0.15) is 5.60 Å². The molecule has 137 valence electrons. The Hall–Kier alpha value is -1.31. The number of carbonyl (C=O) groups excluding carboxylic acids is 1. The van der Waals surface area contributed by atoms with Gasteiger partial charge in [0.2, 0.25) is 0 Å². The van der Waals surface area contributed by atoms with E-state index in [1.807, 2.05) is 26.8 Å². The molecule has 0 aliphatic carbocycles. The number of carbonyl (C=O) groups is 1. The van der Waals surface area contributed by atoms with Crippen molar-refractivity contribution in [2.24, 2.45) is 5.41 Å². The SMILES string of the molecule is CC(NCc1cc2c(cc([B]O)n2C(=O)OC(C)(C)C)s1)C(C)(C)C. The first-order valence-electron chi connectivity index (χ1n) is 8.50. The Morgan fingerprint density at radius 2 is 1.96 bits per heavy atom. The van der Waals surface area contributed by atoms with Crippen molar-refractivity contribution < 1.29 is 14.6 Å². The molecular weight excluding hydrogens is 335 g/mol. The van der Waals surface area contributed by atoms with Crippen molar-refractivity contribution in [2.75, 3.05) is 0 Å². The van der Waals surface area contributed by atoms with Crippen LogP contribution in [-0.4, -0.2) is 34.8 Å². The van der Waals surface area contributed by atoms with Crippen LogP contribution in [0, 0.1) is 5.41 Å². The Morgan fingerprint density at radius 3 is 2.48 bits per heavy atom. The minimum absolute atomic E-state index is 0.182. The molecule has 0 fully saturated rings. The van der Waals surface area contributed by atoms with Crippen molar-refractivity contribution >= 4 is 40.7 Å². The zero-order chi connectivity index (χ0) is 19.0. The molecule has 0 bridgehead atoms. The number of hydrogen-bond donors (Lipinski definition) is 2. The molecule has 1 atom stereocenters. The maximum atomic E-state index is 12.5. The summed E-state index contributed by atoms with van der Waals surface area (Å²) < 4.78 is 7.84. The molecule has 2 heterocycles. The number of ether oxygens (including phenoxy) is 1. The normalized spacial score (nSPS) is 13.9. The van der Waals surface area contributed by atoms with E-state index in [1.165, 1.54) is 4.57 Å². The van der Waals surface area contributed by atoms with E-state index in [0.717, 1.165) is 29.1 Å². The Balaban J connectivity index is 2.27. The van der Waals surface area contributed by atoms with Crippen molar-refractivity contribution in [3.63, 3.8) is 0 Å². The molecule has 0 spiro atoms. The molecule has 5 nitrogen and oxygen atoms in total. The summed E-state index contributed by atoms with van der Waals surface area (Å²) in [6, 6.07) is 4.16. The second kappa shape index (κ2) is 7.13. The van der Waals surface area contributed by atoms with Crippen molar-refractivity contribution in [3.8, 4) is 0 Å². The lowest BCUT2D eigenvalue weighted by Crippen LogP contribution is -2.37. The molecule has 1 unspecified atom stereocenters. The smallest absolute Gasteiger partial charge is 0.418 e. The average Bonchev–Trinajstić information content (AvgIpc) is 2.97. The van der Waals surface area contributed by atoms with Crippen LogP contribution in [0.25, 0.3) is 10.2 Å². The van der Waals surface area contributed by atoms with Crippen LogP contribution < -0.4 is 10.9 Å². The van der Waals surface area contributed by atoms with Crippen molar-refractivity contribution in [3.05, 3.63) is 17.0 Å². The van der Waals surface area contributed by atoms with Crippen molar-refractivity contribution in [1.82, 2.24) is 9.88 Å². The molecule has 2 aromatic heterocycles. The average molecular weight is 363 g/mol. The topological polar surface area (TPSA) is 63.5 Å². The summed E-state index contributed by atoms with van der Waals surface area (Å²) in [5.41, 5.74) is 0.780. The molecule has 7 heteroatoms. The van der Waals surface area contributed by atoms with Crippen LogP contribution in [0.1, 0.15) is 53.3 Å². The third-order valence-corrected chi connectivity index (χ3v) is 5.23. The maximum absolute atomic E-state index is 12.5. The highest BCUT2D eigenvalue weighted by Gasteiger charge is 2.24. The molecule has 2 aromatic rings. The van der Waals surface area contributed by atoms with Gasteiger partial charge in [0, 0.05) is 23.1 Å². The van der Waals surface area contributed by atoms with Gasteiger partial charge in [-0.1, -0.05) is 20.8 Å². The van der Waals surface area contributed by atoms with Crippen LogP contribution in [-0.2, 0) is 11.3 Å². The minimum Gasteiger partial charge on any atom is -0.449 e. The van der Waals surface area contributed by atoms with Gasteiger partial charge in [-0.05, 0) is 45.2 Å². The van der Waals surface area contributed by atoms with Gasteiger partial charge in [-0.25, -0.2) is 4.79 Å². The van der Waals surface area contributed by atoms with Crippen LogP contribution in [0.5, 0.6) is 0 Å². The van der Waals surface area contributed by atoms with E-state index in [1.54, 1.807) is 17.4 Å². The van der Waals surface area contributed by atoms with E-state index >= 15 is 0 Å². The van der Waals surface area contributed by atoms with E-state index in [0.29, 0.717) is 11.6 Å². The van der Waals surface area contributed by atoms with Gasteiger partial charge in [-0.15, -0.1) is 11.3 Å². The highest BCUT2D eigenvalue weighted by atomic mass is 32.1.